The maximum absolute atomic E-state index is 12.8. The van der Waals surface area contributed by atoms with Crippen LogP contribution in [-0.2, 0) is 0 Å². The molecule has 0 radical (unpaired) electrons. The van der Waals surface area contributed by atoms with Crippen LogP contribution in [0, 0.1) is 0 Å². The maximum atomic E-state index is 12.8. The van der Waals surface area contributed by atoms with Gasteiger partial charge in [-0.15, -0.1) is 0 Å². The van der Waals surface area contributed by atoms with Crippen molar-refractivity contribution in [3.63, 3.8) is 0 Å². The van der Waals surface area contributed by atoms with Gasteiger partial charge < -0.3 is 21.1 Å². The third kappa shape index (κ3) is 3.20. The number of anilines is 2. The van der Waals surface area contributed by atoms with Gasteiger partial charge in [0.1, 0.15) is 11.8 Å². The summed E-state index contributed by atoms with van der Waals surface area (Å²) in [6, 6.07) is 15.1. The lowest BCUT2D eigenvalue weighted by Gasteiger charge is -2.15. The Labute approximate surface area is 185 Å². The van der Waals surface area contributed by atoms with Crippen LogP contribution in [0.15, 0.2) is 54.9 Å². The van der Waals surface area contributed by atoms with Crippen molar-refractivity contribution in [1.29, 1.82) is 0 Å². The normalized spacial score (nSPS) is 13.6. The number of ether oxygens (including phenoxy) is 1. The summed E-state index contributed by atoms with van der Waals surface area (Å²) in [5.74, 6) is 0.952. The van der Waals surface area contributed by atoms with Crippen LogP contribution < -0.4 is 16.2 Å². The van der Waals surface area contributed by atoms with Crippen molar-refractivity contribution in [2.45, 2.75) is 12.8 Å². The molecule has 8 heteroatoms. The number of hydrogen-bond donors (Lipinski definition) is 2. The predicted molar refractivity (Wildman–Crippen MR) is 124 cm³/mol. The second kappa shape index (κ2) is 7.88. The summed E-state index contributed by atoms with van der Waals surface area (Å²) in [5, 5.41) is 4.38. The summed E-state index contributed by atoms with van der Waals surface area (Å²) in [5.41, 5.74) is 17.6. The highest BCUT2D eigenvalue weighted by atomic mass is 16.5. The van der Waals surface area contributed by atoms with Crippen molar-refractivity contribution in [2.24, 2.45) is 0 Å². The van der Waals surface area contributed by atoms with Gasteiger partial charge in [-0.1, -0.05) is 24.3 Å². The van der Waals surface area contributed by atoms with Crippen LogP contribution >= 0.6 is 0 Å². The molecule has 32 heavy (non-hydrogen) atoms. The van der Waals surface area contributed by atoms with Crippen molar-refractivity contribution in [3.8, 4) is 28.1 Å². The molecule has 2 aromatic heterocycles. The molecule has 0 atom stereocenters. The first-order valence-electron chi connectivity index (χ1n) is 10.5. The number of likely N-dealkylation sites (tertiary alicyclic amines) is 1. The van der Waals surface area contributed by atoms with Crippen LogP contribution in [-0.4, -0.2) is 45.6 Å². The van der Waals surface area contributed by atoms with Crippen LogP contribution in [0.3, 0.4) is 0 Å². The number of rotatable bonds is 4. The van der Waals surface area contributed by atoms with Gasteiger partial charge in [0, 0.05) is 29.9 Å². The molecule has 4 aromatic rings. The standard InChI is InChI=1S/C24H24N6O2/c1-32-24-20(16-8-10-18(25)11-9-16)19(21-22(26)27-14-28-30(21)24)15-4-6-17(7-5-15)23(31)29-12-2-3-13-29/h4-11,14H,2-3,12-13,25H2,1H3,(H2,26,27,28). The summed E-state index contributed by atoms with van der Waals surface area (Å²) >= 11 is 0. The fraction of sp³-hybridized carbons (Fsp3) is 0.208. The minimum absolute atomic E-state index is 0.0648. The first kappa shape index (κ1) is 19.9. The Morgan fingerprint density at radius 1 is 0.938 bits per heavy atom. The average Bonchev–Trinajstić information content (AvgIpc) is 3.46. The van der Waals surface area contributed by atoms with E-state index in [1.54, 1.807) is 11.6 Å². The molecule has 1 saturated heterocycles. The van der Waals surface area contributed by atoms with E-state index >= 15 is 0 Å². The second-order valence-electron chi connectivity index (χ2n) is 7.86. The summed E-state index contributed by atoms with van der Waals surface area (Å²) in [6.45, 7) is 1.63. The first-order valence-corrected chi connectivity index (χ1v) is 10.5. The van der Waals surface area contributed by atoms with Gasteiger partial charge in [0.2, 0.25) is 5.88 Å². The van der Waals surface area contributed by atoms with Crippen LogP contribution in [0.5, 0.6) is 5.88 Å². The van der Waals surface area contributed by atoms with Crippen LogP contribution in [0.4, 0.5) is 11.5 Å². The van der Waals surface area contributed by atoms with Crippen LogP contribution in [0.1, 0.15) is 23.2 Å². The van der Waals surface area contributed by atoms with E-state index in [9.17, 15) is 4.79 Å². The van der Waals surface area contributed by atoms with Gasteiger partial charge in [0.15, 0.2) is 5.82 Å². The maximum Gasteiger partial charge on any atom is 0.253 e. The van der Waals surface area contributed by atoms with E-state index in [-0.39, 0.29) is 5.91 Å². The number of carbonyl (C=O) groups is 1. The smallest absolute Gasteiger partial charge is 0.253 e. The van der Waals surface area contributed by atoms with Crippen molar-refractivity contribution in [2.75, 3.05) is 31.7 Å². The first-order chi connectivity index (χ1) is 15.6. The fourth-order valence-corrected chi connectivity index (χ4v) is 4.36. The topological polar surface area (TPSA) is 112 Å². The molecule has 2 aromatic carbocycles. The van der Waals surface area contributed by atoms with E-state index in [4.69, 9.17) is 16.2 Å². The van der Waals surface area contributed by atoms with Gasteiger partial charge in [-0.3, -0.25) is 4.79 Å². The molecule has 162 valence electrons. The lowest BCUT2D eigenvalue weighted by Crippen LogP contribution is -2.27. The van der Waals surface area contributed by atoms with Gasteiger partial charge in [-0.2, -0.15) is 9.61 Å². The molecule has 0 spiro atoms. The number of nitrogens with two attached hydrogens (primary N) is 2. The predicted octanol–water partition coefficient (Wildman–Crippen LogP) is 3.47. The van der Waals surface area contributed by atoms with E-state index < -0.39 is 0 Å². The zero-order valence-electron chi connectivity index (χ0n) is 17.8. The molecular formula is C24H24N6O2. The summed E-state index contributed by atoms with van der Waals surface area (Å²) in [4.78, 5) is 18.9. The number of nitrogens with zero attached hydrogens (tertiary/aromatic N) is 4. The summed E-state index contributed by atoms with van der Waals surface area (Å²) in [6.07, 6.45) is 3.52. The van der Waals surface area contributed by atoms with E-state index in [0.29, 0.717) is 28.5 Å². The van der Waals surface area contributed by atoms with Gasteiger partial charge in [0.05, 0.1) is 12.7 Å². The Morgan fingerprint density at radius 2 is 1.56 bits per heavy atom. The minimum atomic E-state index is 0.0648. The number of hydrogen-bond acceptors (Lipinski definition) is 6. The number of carbonyl (C=O) groups excluding carboxylic acids is 1. The number of amides is 1. The molecule has 0 saturated carbocycles. The number of aromatic nitrogens is 3. The van der Waals surface area contributed by atoms with Crippen molar-refractivity contribution < 1.29 is 9.53 Å². The zero-order chi connectivity index (χ0) is 22.2. The number of methoxy groups -OCH3 is 1. The third-order valence-corrected chi connectivity index (χ3v) is 5.92. The number of nitrogen functional groups attached to an aromatic ring is 2. The highest BCUT2D eigenvalue weighted by Gasteiger charge is 2.25. The Hall–Kier alpha value is -4.07. The molecular weight excluding hydrogens is 404 g/mol. The van der Waals surface area contributed by atoms with Crippen LogP contribution in [0.25, 0.3) is 27.8 Å². The molecule has 3 heterocycles. The Morgan fingerprint density at radius 3 is 2.22 bits per heavy atom. The van der Waals surface area contributed by atoms with Gasteiger partial charge in [-0.25, -0.2) is 4.98 Å². The average molecular weight is 428 g/mol. The zero-order valence-corrected chi connectivity index (χ0v) is 17.8. The Balaban J connectivity index is 1.70. The third-order valence-electron chi connectivity index (χ3n) is 5.92. The largest absolute Gasteiger partial charge is 0.480 e. The van der Waals surface area contributed by atoms with E-state index in [2.05, 4.69) is 10.1 Å². The number of benzene rings is 2. The fourth-order valence-electron chi connectivity index (χ4n) is 4.36. The van der Waals surface area contributed by atoms with Crippen molar-refractivity contribution in [1.82, 2.24) is 19.5 Å². The molecule has 0 unspecified atom stereocenters. The molecule has 1 fully saturated rings. The highest BCUT2D eigenvalue weighted by molar-refractivity contribution is 6.02. The van der Waals surface area contributed by atoms with Crippen molar-refractivity contribution in [3.05, 3.63) is 60.4 Å². The molecule has 8 nitrogen and oxygen atoms in total. The molecule has 5 rings (SSSR count). The summed E-state index contributed by atoms with van der Waals surface area (Å²) in [7, 11) is 1.60. The molecule has 1 aliphatic rings. The molecule has 1 aliphatic heterocycles. The lowest BCUT2D eigenvalue weighted by molar-refractivity contribution is 0.0793. The van der Waals surface area contributed by atoms with E-state index in [1.807, 2.05) is 53.4 Å². The molecule has 0 aliphatic carbocycles. The molecule has 1 amide bonds. The Kier molecular flexibility index (Phi) is 4.89. The van der Waals surface area contributed by atoms with E-state index in [0.717, 1.165) is 48.2 Å². The quantitative estimate of drug-likeness (QED) is 0.482. The molecule has 4 N–H and O–H groups in total. The second-order valence-corrected chi connectivity index (χ2v) is 7.86. The summed E-state index contributed by atoms with van der Waals surface area (Å²) < 4.78 is 7.41. The minimum Gasteiger partial charge on any atom is -0.480 e. The monoisotopic (exact) mass is 428 g/mol. The van der Waals surface area contributed by atoms with Gasteiger partial charge >= 0.3 is 0 Å². The number of fused-ring (bicyclic) bond motifs is 1. The lowest BCUT2D eigenvalue weighted by atomic mass is 9.96. The van der Waals surface area contributed by atoms with Crippen LogP contribution in [0.2, 0.25) is 0 Å². The molecule has 0 bridgehead atoms. The van der Waals surface area contributed by atoms with E-state index in [1.165, 1.54) is 6.33 Å². The SMILES string of the molecule is COc1c(-c2ccc(N)cc2)c(-c2ccc(C(=O)N3CCCC3)cc2)c2c(N)ncnn12. The Bertz CT molecular complexity index is 1290. The van der Waals surface area contributed by atoms with Gasteiger partial charge in [-0.05, 0) is 48.2 Å². The van der Waals surface area contributed by atoms with Gasteiger partial charge in [0.25, 0.3) is 5.91 Å². The highest BCUT2D eigenvalue weighted by Crippen LogP contribution is 2.45. The van der Waals surface area contributed by atoms with Crippen molar-refractivity contribution >= 4 is 22.9 Å².